The van der Waals surface area contributed by atoms with Crippen molar-refractivity contribution in [2.24, 2.45) is 0 Å². The third kappa shape index (κ3) is 8.51. The Kier molecular flexibility index (Phi) is 10.2. The Morgan fingerprint density at radius 2 is 1.85 bits per heavy atom. The first-order valence-electron chi connectivity index (χ1n) is 8.30. The summed E-state index contributed by atoms with van der Waals surface area (Å²) in [5.74, 6) is -0.784. The number of methoxy groups -OCH3 is 1. The maximum absolute atomic E-state index is 12.0. The van der Waals surface area contributed by atoms with Crippen LogP contribution in [-0.4, -0.2) is 34.1 Å². The van der Waals surface area contributed by atoms with Gasteiger partial charge >= 0.3 is 5.97 Å². The molecule has 0 fully saturated rings. The van der Waals surface area contributed by atoms with Crippen LogP contribution in [0.25, 0.3) is 0 Å². The van der Waals surface area contributed by atoms with Crippen LogP contribution in [0.2, 0.25) is 0 Å². The number of hydrogen-bond donors (Lipinski definition) is 3. The summed E-state index contributed by atoms with van der Waals surface area (Å²) in [5.41, 5.74) is 0.706. The van der Waals surface area contributed by atoms with Crippen LogP contribution in [0.4, 0.5) is 5.69 Å². The molecule has 0 aliphatic rings. The van der Waals surface area contributed by atoms with Gasteiger partial charge in [-0.1, -0.05) is 66.7 Å². The number of anilines is 1. The van der Waals surface area contributed by atoms with E-state index in [0.717, 1.165) is 19.3 Å². The highest BCUT2D eigenvalue weighted by molar-refractivity contribution is 7.80. The second-order valence-electron chi connectivity index (χ2n) is 5.63. The van der Waals surface area contributed by atoms with Gasteiger partial charge in [-0.3, -0.25) is 4.79 Å². The third-order valence-electron chi connectivity index (χ3n) is 3.50. The highest BCUT2D eigenvalue weighted by Gasteiger charge is 2.34. The number of amides is 1. The average molecular weight is 455 g/mol. The van der Waals surface area contributed by atoms with Gasteiger partial charge in [-0.15, -0.1) is 0 Å². The zero-order valence-electron chi connectivity index (χ0n) is 15.0. The van der Waals surface area contributed by atoms with Gasteiger partial charge in [0, 0.05) is 6.42 Å². The number of thiocarbonyl (C=S) groups is 1. The first-order chi connectivity index (χ1) is 12.7. The quantitative estimate of drug-likeness (QED) is 0.180. The van der Waals surface area contributed by atoms with Gasteiger partial charge in [0.25, 0.3) is 0 Å². The van der Waals surface area contributed by atoms with Gasteiger partial charge in [0.2, 0.25) is 9.70 Å². The number of para-hydroxylation sites is 1. The second-order valence-corrected chi connectivity index (χ2v) is 8.41. The fourth-order valence-corrected chi connectivity index (χ4v) is 2.69. The smallest absolute Gasteiger partial charge is 0.339 e. The minimum Gasteiger partial charge on any atom is -0.465 e. The van der Waals surface area contributed by atoms with E-state index in [9.17, 15) is 9.59 Å². The van der Waals surface area contributed by atoms with Crippen molar-refractivity contribution in [2.45, 2.75) is 42.6 Å². The Morgan fingerprint density at radius 1 is 1.19 bits per heavy atom. The lowest BCUT2D eigenvalue weighted by Gasteiger charge is -2.28. The van der Waals surface area contributed by atoms with Gasteiger partial charge < -0.3 is 20.7 Å². The molecule has 0 saturated heterocycles. The van der Waals surface area contributed by atoms with Crippen molar-refractivity contribution in [1.29, 1.82) is 0 Å². The Morgan fingerprint density at radius 3 is 2.44 bits per heavy atom. The lowest BCUT2D eigenvalue weighted by molar-refractivity contribution is -0.122. The molecule has 1 rings (SSSR count). The molecule has 0 bridgehead atoms. The van der Waals surface area contributed by atoms with Crippen LogP contribution in [-0.2, 0) is 9.53 Å². The van der Waals surface area contributed by atoms with E-state index in [4.69, 9.17) is 51.8 Å². The lowest BCUT2D eigenvalue weighted by Crippen LogP contribution is -2.56. The van der Waals surface area contributed by atoms with Crippen LogP contribution in [0.1, 0.15) is 43.0 Å². The van der Waals surface area contributed by atoms with Crippen molar-refractivity contribution in [3.8, 4) is 0 Å². The minimum absolute atomic E-state index is 0.0662. The maximum atomic E-state index is 12.0. The van der Waals surface area contributed by atoms with Crippen LogP contribution < -0.4 is 16.0 Å². The monoisotopic (exact) mass is 453 g/mol. The molecule has 0 aliphatic carbocycles. The number of nitrogens with one attached hydrogen (secondary N) is 3. The molecule has 0 radical (unpaired) electrons. The summed E-state index contributed by atoms with van der Waals surface area (Å²) in [6, 6.07) is 6.64. The van der Waals surface area contributed by atoms with Gasteiger partial charge in [0.05, 0.1) is 18.4 Å². The molecule has 3 N–H and O–H groups in total. The Hall–Kier alpha value is -1.28. The van der Waals surface area contributed by atoms with E-state index < -0.39 is 15.9 Å². The molecule has 150 valence electrons. The van der Waals surface area contributed by atoms with Gasteiger partial charge in [-0.05, 0) is 30.8 Å². The fourth-order valence-electron chi connectivity index (χ4n) is 2.14. The van der Waals surface area contributed by atoms with Crippen molar-refractivity contribution in [1.82, 2.24) is 10.6 Å². The molecule has 0 heterocycles. The molecule has 1 amide bonds. The molecule has 6 nitrogen and oxygen atoms in total. The van der Waals surface area contributed by atoms with E-state index in [2.05, 4.69) is 16.0 Å². The van der Waals surface area contributed by atoms with Crippen molar-refractivity contribution in [3.63, 3.8) is 0 Å². The summed E-state index contributed by atoms with van der Waals surface area (Å²) >= 11 is 23.1. The summed E-state index contributed by atoms with van der Waals surface area (Å²) in [5, 5.41) is 8.28. The van der Waals surface area contributed by atoms with Gasteiger partial charge in [0.1, 0.15) is 6.17 Å². The SMILES string of the molecule is CCCCCC(=O)N[C@@H](NC(=S)Nc1ccccc1C(=O)OC)C(Cl)(Cl)Cl. The molecule has 27 heavy (non-hydrogen) atoms. The van der Waals surface area contributed by atoms with E-state index in [1.807, 2.05) is 6.92 Å². The molecule has 0 aromatic heterocycles. The van der Waals surface area contributed by atoms with Crippen LogP contribution >= 0.6 is 47.0 Å². The molecular formula is C17H22Cl3N3O3S. The summed E-state index contributed by atoms with van der Waals surface area (Å²) in [6.45, 7) is 2.04. The van der Waals surface area contributed by atoms with E-state index in [1.54, 1.807) is 24.3 Å². The summed E-state index contributed by atoms with van der Waals surface area (Å²) < 4.78 is 2.89. The predicted octanol–water partition coefficient (Wildman–Crippen LogP) is 4.15. The van der Waals surface area contributed by atoms with E-state index in [-0.39, 0.29) is 16.6 Å². The number of unbranched alkanes of at least 4 members (excludes halogenated alkanes) is 2. The zero-order valence-corrected chi connectivity index (χ0v) is 18.1. The first kappa shape index (κ1) is 23.8. The molecule has 0 spiro atoms. The number of ether oxygens (including phenoxy) is 1. The van der Waals surface area contributed by atoms with Crippen molar-refractivity contribution < 1.29 is 14.3 Å². The Balaban J connectivity index is 2.78. The van der Waals surface area contributed by atoms with E-state index in [0.29, 0.717) is 12.1 Å². The zero-order chi connectivity index (χ0) is 20.4. The van der Waals surface area contributed by atoms with Gasteiger partial charge in [-0.2, -0.15) is 0 Å². The largest absolute Gasteiger partial charge is 0.465 e. The second kappa shape index (κ2) is 11.5. The number of rotatable bonds is 8. The molecular weight excluding hydrogens is 433 g/mol. The Bertz CT molecular complexity index is 668. The molecule has 0 aliphatic heterocycles. The number of esters is 1. The van der Waals surface area contributed by atoms with Crippen LogP contribution in [0, 0.1) is 0 Å². The normalized spacial score (nSPS) is 12.0. The number of alkyl halides is 3. The predicted molar refractivity (Wildman–Crippen MR) is 114 cm³/mol. The van der Waals surface area contributed by atoms with Crippen LogP contribution in [0.3, 0.4) is 0 Å². The number of hydrogen-bond acceptors (Lipinski definition) is 4. The molecule has 1 aromatic rings. The molecule has 10 heteroatoms. The number of halogens is 3. The van der Waals surface area contributed by atoms with Crippen molar-refractivity contribution in [2.75, 3.05) is 12.4 Å². The number of carbonyl (C=O) groups excluding carboxylic acids is 2. The highest BCUT2D eigenvalue weighted by Crippen LogP contribution is 2.29. The summed E-state index contributed by atoms with van der Waals surface area (Å²) in [6.07, 6.45) is 1.93. The van der Waals surface area contributed by atoms with Crippen LogP contribution in [0.5, 0.6) is 0 Å². The van der Waals surface area contributed by atoms with Crippen LogP contribution in [0.15, 0.2) is 24.3 Å². The lowest BCUT2D eigenvalue weighted by atomic mass is 10.2. The van der Waals surface area contributed by atoms with Crippen molar-refractivity contribution in [3.05, 3.63) is 29.8 Å². The standard InChI is InChI=1S/C17H22Cl3N3O3S/c1-3-4-5-10-13(24)22-15(17(18,19)20)23-16(27)21-12-9-7-6-8-11(12)14(25)26-2/h6-9,15H,3-5,10H2,1-2H3,(H,22,24)(H2,21,23,27)/t15-/m0/s1. The number of carbonyl (C=O) groups is 2. The fraction of sp³-hybridized carbons (Fsp3) is 0.471. The van der Waals surface area contributed by atoms with E-state index >= 15 is 0 Å². The molecule has 1 atom stereocenters. The van der Waals surface area contributed by atoms with E-state index in [1.165, 1.54) is 7.11 Å². The van der Waals surface area contributed by atoms with Crippen molar-refractivity contribution >= 4 is 69.7 Å². The molecule has 0 saturated carbocycles. The highest BCUT2D eigenvalue weighted by atomic mass is 35.6. The average Bonchev–Trinajstić information content (AvgIpc) is 2.60. The Labute approximate surface area is 179 Å². The summed E-state index contributed by atoms with van der Waals surface area (Å²) in [7, 11) is 1.28. The first-order valence-corrected chi connectivity index (χ1v) is 9.84. The van der Waals surface area contributed by atoms with Gasteiger partial charge in [0.15, 0.2) is 5.11 Å². The third-order valence-corrected chi connectivity index (χ3v) is 4.37. The molecule has 0 unspecified atom stereocenters. The topological polar surface area (TPSA) is 79.5 Å². The number of benzene rings is 1. The molecule has 1 aromatic carbocycles. The minimum atomic E-state index is -1.84. The maximum Gasteiger partial charge on any atom is 0.339 e. The van der Waals surface area contributed by atoms with Gasteiger partial charge in [-0.25, -0.2) is 4.79 Å². The summed E-state index contributed by atoms with van der Waals surface area (Å²) in [4.78, 5) is 23.9.